The van der Waals surface area contributed by atoms with Gasteiger partial charge in [-0.05, 0) is 23.3 Å². The molecule has 2 aromatic carbocycles. The zero-order valence-corrected chi connectivity index (χ0v) is 14.5. The zero-order valence-electron chi connectivity index (χ0n) is 12.1. The first-order valence-corrected chi connectivity index (χ1v) is 9.80. The zero-order chi connectivity index (χ0) is 16.3. The highest BCUT2D eigenvalue weighted by Gasteiger charge is 2.18. The second-order valence-electron chi connectivity index (χ2n) is 4.91. The van der Waals surface area contributed by atoms with Crippen molar-refractivity contribution in [3.8, 4) is 10.4 Å². The monoisotopic (exact) mass is 363 g/mol. The molecule has 0 aliphatic carbocycles. The number of anilines is 1. The molecule has 0 atom stereocenters. The summed E-state index contributed by atoms with van der Waals surface area (Å²) in [6.07, 6.45) is 0. The molecule has 1 heterocycles. The lowest BCUT2D eigenvalue weighted by molar-refractivity contribution is 0.600. The number of sulfonamides is 1. The Morgan fingerprint density at radius 3 is 2.43 bits per heavy atom. The predicted molar refractivity (Wildman–Crippen MR) is 96.6 cm³/mol. The van der Waals surface area contributed by atoms with E-state index >= 15 is 0 Å². The van der Waals surface area contributed by atoms with Gasteiger partial charge >= 0.3 is 0 Å². The van der Waals surface area contributed by atoms with Crippen molar-refractivity contribution in [1.82, 2.24) is 0 Å². The molecule has 1 N–H and O–H groups in total. The van der Waals surface area contributed by atoms with E-state index in [1.807, 2.05) is 36.4 Å². The van der Waals surface area contributed by atoms with Crippen LogP contribution in [0.4, 0.5) is 5.69 Å². The third kappa shape index (κ3) is 3.58. The number of hydrogen-bond acceptors (Lipinski definition) is 3. The lowest BCUT2D eigenvalue weighted by Crippen LogP contribution is -2.14. The van der Waals surface area contributed by atoms with Gasteiger partial charge in [0, 0.05) is 16.1 Å². The molecule has 6 heteroatoms. The Hall–Kier alpha value is -1.82. The molecule has 0 saturated heterocycles. The molecule has 3 aromatic rings. The maximum Gasteiger partial charge on any atom is 0.262 e. The van der Waals surface area contributed by atoms with Crippen LogP contribution in [0.3, 0.4) is 0 Å². The van der Waals surface area contributed by atoms with Crippen molar-refractivity contribution in [1.29, 1.82) is 0 Å². The maximum absolute atomic E-state index is 12.6. The highest BCUT2D eigenvalue weighted by atomic mass is 35.5. The van der Waals surface area contributed by atoms with Crippen LogP contribution < -0.4 is 4.72 Å². The first-order valence-electron chi connectivity index (χ1n) is 6.91. The number of nitrogens with one attached hydrogen (secondary N) is 1. The van der Waals surface area contributed by atoms with Gasteiger partial charge in [-0.15, -0.1) is 22.9 Å². The number of rotatable bonds is 5. The molecule has 0 aliphatic heterocycles. The van der Waals surface area contributed by atoms with Crippen molar-refractivity contribution >= 4 is 38.6 Å². The van der Waals surface area contributed by atoms with E-state index in [1.54, 1.807) is 29.6 Å². The van der Waals surface area contributed by atoms with E-state index in [9.17, 15) is 8.42 Å². The summed E-state index contributed by atoms with van der Waals surface area (Å²) in [5.74, 6) is 0.149. The van der Waals surface area contributed by atoms with Gasteiger partial charge in [-0.2, -0.15) is 0 Å². The SMILES string of the molecule is O=S(=O)(Nc1csc(-c2ccccc2)c1)c1ccccc1CCl. The van der Waals surface area contributed by atoms with Gasteiger partial charge in [-0.3, -0.25) is 4.72 Å². The average Bonchev–Trinajstić information content (AvgIpc) is 3.03. The third-order valence-corrected chi connectivity index (χ3v) is 6.07. The summed E-state index contributed by atoms with van der Waals surface area (Å²) in [6.45, 7) is 0. The summed E-state index contributed by atoms with van der Waals surface area (Å²) in [7, 11) is -3.65. The van der Waals surface area contributed by atoms with Crippen LogP contribution in [0.25, 0.3) is 10.4 Å². The Morgan fingerprint density at radius 1 is 1.00 bits per heavy atom. The number of alkyl halides is 1. The van der Waals surface area contributed by atoms with E-state index in [0.29, 0.717) is 11.3 Å². The normalized spacial score (nSPS) is 11.3. The van der Waals surface area contributed by atoms with Crippen LogP contribution in [0.15, 0.2) is 70.9 Å². The van der Waals surface area contributed by atoms with Crippen molar-refractivity contribution < 1.29 is 8.42 Å². The molecule has 0 saturated carbocycles. The molecule has 0 spiro atoms. The molecular weight excluding hydrogens is 350 g/mol. The van der Waals surface area contributed by atoms with E-state index in [4.69, 9.17) is 11.6 Å². The molecule has 0 amide bonds. The third-order valence-electron chi connectivity index (χ3n) is 3.32. The van der Waals surface area contributed by atoms with E-state index in [-0.39, 0.29) is 10.8 Å². The second kappa shape index (κ2) is 6.74. The summed E-state index contributed by atoms with van der Waals surface area (Å²) < 4.78 is 27.7. The predicted octanol–water partition coefficient (Wildman–Crippen LogP) is 4.95. The van der Waals surface area contributed by atoms with Gasteiger partial charge in [-0.1, -0.05) is 48.5 Å². The fourth-order valence-corrected chi connectivity index (χ4v) is 4.75. The lowest BCUT2D eigenvalue weighted by Gasteiger charge is -2.09. The summed E-state index contributed by atoms with van der Waals surface area (Å²) in [5.41, 5.74) is 2.20. The Balaban J connectivity index is 1.89. The van der Waals surface area contributed by atoms with Crippen LogP contribution in [0.5, 0.6) is 0 Å². The first-order chi connectivity index (χ1) is 11.1. The molecule has 118 valence electrons. The molecule has 0 bridgehead atoms. The molecule has 3 nitrogen and oxygen atoms in total. The molecular formula is C17H14ClNO2S2. The summed E-state index contributed by atoms with van der Waals surface area (Å²) in [6, 6.07) is 18.4. The topological polar surface area (TPSA) is 46.2 Å². The molecule has 0 radical (unpaired) electrons. The van der Waals surface area contributed by atoms with Gasteiger partial charge in [0.05, 0.1) is 10.6 Å². The fraction of sp³-hybridized carbons (Fsp3) is 0.0588. The Labute approximate surface area is 144 Å². The Morgan fingerprint density at radius 2 is 1.70 bits per heavy atom. The summed E-state index contributed by atoms with van der Waals surface area (Å²) in [4.78, 5) is 1.22. The van der Waals surface area contributed by atoms with Crippen molar-refractivity contribution in [2.24, 2.45) is 0 Å². The fourth-order valence-electron chi connectivity index (χ4n) is 2.23. The smallest absolute Gasteiger partial charge is 0.262 e. The maximum atomic E-state index is 12.6. The minimum atomic E-state index is -3.65. The molecule has 1 aromatic heterocycles. The summed E-state index contributed by atoms with van der Waals surface area (Å²) >= 11 is 7.33. The van der Waals surface area contributed by atoms with E-state index in [2.05, 4.69) is 4.72 Å². The van der Waals surface area contributed by atoms with E-state index < -0.39 is 10.0 Å². The number of halogens is 1. The minimum Gasteiger partial charge on any atom is -0.279 e. The van der Waals surface area contributed by atoms with Gasteiger partial charge < -0.3 is 0 Å². The van der Waals surface area contributed by atoms with Crippen molar-refractivity contribution in [2.75, 3.05) is 4.72 Å². The molecule has 0 unspecified atom stereocenters. The van der Waals surface area contributed by atoms with Crippen LogP contribution in [0.1, 0.15) is 5.56 Å². The number of benzene rings is 2. The molecule has 0 fully saturated rings. The van der Waals surface area contributed by atoms with Crippen LogP contribution in [0, 0.1) is 0 Å². The number of hydrogen-bond donors (Lipinski definition) is 1. The van der Waals surface area contributed by atoms with E-state index in [1.165, 1.54) is 11.3 Å². The highest BCUT2D eigenvalue weighted by Crippen LogP contribution is 2.31. The van der Waals surface area contributed by atoms with Crippen molar-refractivity contribution in [3.63, 3.8) is 0 Å². The van der Waals surface area contributed by atoms with Crippen LogP contribution >= 0.6 is 22.9 Å². The minimum absolute atomic E-state index is 0.149. The van der Waals surface area contributed by atoms with Crippen molar-refractivity contribution in [3.05, 3.63) is 71.6 Å². The van der Waals surface area contributed by atoms with E-state index in [0.717, 1.165) is 10.4 Å². The standard InChI is InChI=1S/C17H14ClNO2S2/c18-11-14-8-4-5-9-17(14)23(20,21)19-15-10-16(22-12-15)13-6-2-1-3-7-13/h1-10,12,19H,11H2. The van der Waals surface area contributed by atoms with Crippen LogP contribution in [-0.2, 0) is 15.9 Å². The Kier molecular flexibility index (Phi) is 4.71. The second-order valence-corrected chi connectivity index (χ2v) is 7.74. The van der Waals surface area contributed by atoms with Crippen LogP contribution in [0.2, 0.25) is 0 Å². The molecule has 0 aliphatic rings. The van der Waals surface area contributed by atoms with Crippen LogP contribution in [-0.4, -0.2) is 8.42 Å². The largest absolute Gasteiger partial charge is 0.279 e. The quantitative estimate of drug-likeness (QED) is 0.651. The first kappa shape index (κ1) is 16.1. The lowest BCUT2D eigenvalue weighted by atomic mass is 10.2. The van der Waals surface area contributed by atoms with Gasteiger partial charge in [0.2, 0.25) is 0 Å². The summed E-state index contributed by atoms with van der Waals surface area (Å²) in [5, 5.41) is 1.79. The molecule has 23 heavy (non-hydrogen) atoms. The Bertz CT molecular complexity index is 905. The average molecular weight is 364 g/mol. The van der Waals surface area contributed by atoms with Gasteiger partial charge in [-0.25, -0.2) is 8.42 Å². The van der Waals surface area contributed by atoms with Gasteiger partial charge in [0.15, 0.2) is 0 Å². The highest BCUT2D eigenvalue weighted by molar-refractivity contribution is 7.92. The van der Waals surface area contributed by atoms with Gasteiger partial charge in [0.1, 0.15) is 0 Å². The molecule has 3 rings (SSSR count). The number of thiophene rings is 1. The van der Waals surface area contributed by atoms with Gasteiger partial charge in [0.25, 0.3) is 10.0 Å². The van der Waals surface area contributed by atoms with Crippen molar-refractivity contribution in [2.45, 2.75) is 10.8 Å².